The van der Waals surface area contributed by atoms with Crippen molar-refractivity contribution < 1.29 is 9.47 Å². The molecule has 0 N–H and O–H groups in total. The Labute approximate surface area is 176 Å². The highest BCUT2D eigenvalue weighted by molar-refractivity contribution is 5.38. The molecule has 3 aromatic heterocycles. The maximum atomic E-state index is 6.45. The number of nitrogens with zero attached hydrogens (tertiary/aromatic N) is 3. The number of aromatic nitrogens is 3. The highest BCUT2D eigenvalue weighted by atomic mass is 16.5. The minimum atomic E-state index is 0.0329. The van der Waals surface area contributed by atoms with Crippen LogP contribution in [0, 0.1) is 0 Å². The van der Waals surface area contributed by atoms with E-state index in [0.717, 1.165) is 67.8 Å². The molecule has 0 amide bonds. The Morgan fingerprint density at radius 1 is 0.833 bits per heavy atom. The van der Waals surface area contributed by atoms with Gasteiger partial charge in [-0.3, -0.25) is 15.0 Å². The summed E-state index contributed by atoms with van der Waals surface area (Å²) in [6, 6.07) is 8.70. The monoisotopic (exact) mass is 399 g/mol. The van der Waals surface area contributed by atoms with Crippen LogP contribution in [0.4, 0.5) is 0 Å². The lowest BCUT2D eigenvalue weighted by atomic mass is 9.82. The summed E-state index contributed by atoms with van der Waals surface area (Å²) in [5, 5.41) is 0. The third-order valence-corrected chi connectivity index (χ3v) is 6.71. The zero-order chi connectivity index (χ0) is 19.9. The van der Waals surface area contributed by atoms with Gasteiger partial charge in [-0.2, -0.15) is 0 Å². The first kappa shape index (κ1) is 18.0. The molecule has 2 unspecified atom stereocenters. The van der Waals surface area contributed by atoms with Crippen LogP contribution in [0.5, 0.6) is 5.75 Å². The van der Waals surface area contributed by atoms with Crippen LogP contribution in [0.3, 0.4) is 0 Å². The molecule has 0 saturated heterocycles. The van der Waals surface area contributed by atoms with E-state index in [-0.39, 0.29) is 6.10 Å². The Balaban J connectivity index is 1.24. The average Bonchev–Trinajstić information content (AvgIpc) is 2.82. The van der Waals surface area contributed by atoms with Gasteiger partial charge in [0.2, 0.25) is 0 Å². The maximum Gasteiger partial charge on any atom is 0.142 e. The minimum absolute atomic E-state index is 0.0329. The highest BCUT2D eigenvalue weighted by Crippen LogP contribution is 2.38. The standard InChI is InChI=1S/C25H25N3O2/c1-2-17-10-16(3-4-21(17)26-8-1)18-12-25-23(28-13-18)5-6-24(30-25)19-11-20-15-29-9-7-22(20)27-14-19/h1-2,8,11-14,16,24H,3-7,9-10,15H2. The summed E-state index contributed by atoms with van der Waals surface area (Å²) in [5.41, 5.74) is 8.48. The van der Waals surface area contributed by atoms with Gasteiger partial charge < -0.3 is 9.47 Å². The number of ether oxygens (including phenoxy) is 2. The zero-order valence-electron chi connectivity index (χ0n) is 17.0. The number of hydrogen-bond donors (Lipinski definition) is 0. The first-order chi connectivity index (χ1) is 14.8. The molecule has 0 saturated carbocycles. The number of rotatable bonds is 2. The third kappa shape index (κ3) is 3.27. The molecule has 2 aliphatic heterocycles. The summed E-state index contributed by atoms with van der Waals surface area (Å²) in [6.45, 7) is 1.42. The zero-order valence-corrected chi connectivity index (χ0v) is 17.0. The van der Waals surface area contributed by atoms with Crippen molar-refractivity contribution in [3.05, 3.63) is 82.2 Å². The van der Waals surface area contributed by atoms with Crippen LogP contribution in [0.2, 0.25) is 0 Å². The summed E-state index contributed by atoms with van der Waals surface area (Å²) in [4.78, 5) is 14.0. The molecule has 6 rings (SSSR count). The molecule has 3 aromatic rings. The van der Waals surface area contributed by atoms with Gasteiger partial charge in [-0.25, -0.2) is 0 Å². The number of hydrogen-bond acceptors (Lipinski definition) is 5. The SMILES string of the molecule is c1cnc2c(c1)CC(c1cnc3c(c1)OC(c1cnc4c(c1)COCC4)CC3)CC2. The largest absolute Gasteiger partial charge is 0.484 e. The summed E-state index contributed by atoms with van der Waals surface area (Å²) >= 11 is 0. The summed E-state index contributed by atoms with van der Waals surface area (Å²) in [7, 11) is 0. The first-order valence-electron chi connectivity index (χ1n) is 11.0. The summed E-state index contributed by atoms with van der Waals surface area (Å²) < 4.78 is 12.1. The van der Waals surface area contributed by atoms with Gasteiger partial charge in [-0.1, -0.05) is 6.07 Å². The molecule has 0 spiro atoms. The fraction of sp³-hybridized carbons (Fsp3) is 0.400. The van der Waals surface area contributed by atoms with E-state index in [0.29, 0.717) is 12.5 Å². The van der Waals surface area contributed by atoms with Gasteiger partial charge in [-0.05, 0) is 72.9 Å². The Hall–Kier alpha value is -2.79. The van der Waals surface area contributed by atoms with Gasteiger partial charge >= 0.3 is 0 Å². The first-order valence-corrected chi connectivity index (χ1v) is 11.0. The molecule has 5 heteroatoms. The van der Waals surface area contributed by atoms with Crippen LogP contribution in [-0.4, -0.2) is 21.6 Å². The molecule has 1 aliphatic carbocycles. The number of pyridine rings is 3. The molecule has 0 aromatic carbocycles. The van der Waals surface area contributed by atoms with Crippen molar-refractivity contribution in [2.45, 2.75) is 57.2 Å². The molecule has 152 valence electrons. The molecule has 5 nitrogen and oxygen atoms in total. The van der Waals surface area contributed by atoms with Crippen LogP contribution in [0.25, 0.3) is 0 Å². The van der Waals surface area contributed by atoms with Crippen LogP contribution < -0.4 is 4.74 Å². The lowest BCUT2D eigenvalue weighted by Gasteiger charge is -2.29. The molecular weight excluding hydrogens is 374 g/mol. The quantitative estimate of drug-likeness (QED) is 0.644. The van der Waals surface area contributed by atoms with Crippen molar-refractivity contribution in [1.29, 1.82) is 0 Å². The van der Waals surface area contributed by atoms with Crippen LogP contribution in [0.15, 0.2) is 42.9 Å². The van der Waals surface area contributed by atoms with Crippen molar-refractivity contribution in [3.63, 3.8) is 0 Å². The van der Waals surface area contributed by atoms with Gasteiger partial charge in [0.05, 0.1) is 18.9 Å². The Bertz CT molecular complexity index is 1100. The van der Waals surface area contributed by atoms with Gasteiger partial charge in [0, 0.05) is 42.0 Å². The fourth-order valence-electron chi connectivity index (χ4n) is 5.00. The summed E-state index contributed by atoms with van der Waals surface area (Å²) in [6.07, 6.45) is 11.9. The van der Waals surface area contributed by atoms with Gasteiger partial charge in [0.15, 0.2) is 0 Å². The molecule has 2 atom stereocenters. The van der Waals surface area contributed by atoms with Crippen molar-refractivity contribution in [1.82, 2.24) is 15.0 Å². The lowest BCUT2D eigenvalue weighted by Crippen LogP contribution is -2.19. The van der Waals surface area contributed by atoms with Crippen LogP contribution in [0.1, 0.15) is 64.2 Å². The van der Waals surface area contributed by atoms with Crippen LogP contribution >= 0.6 is 0 Å². The topological polar surface area (TPSA) is 57.1 Å². The minimum Gasteiger partial charge on any atom is -0.484 e. The highest BCUT2D eigenvalue weighted by Gasteiger charge is 2.27. The van der Waals surface area contributed by atoms with Crippen molar-refractivity contribution in [2.75, 3.05) is 6.61 Å². The van der Waals surface area contributed by atoms with E-state index in [1.54, 1.807) is 0 Å². The second-order valence-corrected chi connectivity index (χ2v) is 8.58. The van der Waals surface area contributed by atoms with Gasteiger partial charge in [0.1, 0.15) is 11.9 Å². The lowest BCUT2D eigenvalue weighted by molar-refractivity contribution is 0.108. The second kappa shape index (κ2) is 7.47. The van der Waals surface area contributed by atoms with Crippen LogP contribution in [-0.2, 0) is 37.0 Å². The van der Waals surface area contributed by atoms with Crippen molar-refractivity contribution in [3.8, 4) is 5.75 Å². The Morgan fingerprint density at radius 2 is 1.70 bits per heavy atom. The maximum absolute atomic E-state index is 6.45. The van der Waals surface area contributed by atoms with E-state index in [9.17, 15) is 0 Å². The van der Waals surface area contributed by atoms with E-state index in [4.69, 9.17) is 14.5 Å². The van der Waals surface area contributed by atoms with Gasteiger partial charge in [-0.15, -0.1) is 0 Å². The normalized spacial score (nSPS) is 22.4. The number of aryl methyl sites for hydroxylation is 2. The van der Waals surface area contributed by atoms with E-state index < -0.39 is 0 Å². The molecule has 5 heterocycles. The second-order valence-electron chi connectivity index (χ2n) is 8.58. The molecule has 30 heavy (non-hydrogen) atoms. The molecule has 0 fully saturated rings. The molecule has 3 aliphatic rings. The Kier molecular flexibility index (Phi) is 4.49. The predicted molar refractivity (Wildman–Crippen MR) is 113 cm³/mol. The van der Waals surface area contributed by atoms with E-state index in [2.05, 4.69) is 34.4 Å². The average molecular weight is 399 g/mol. The van der Waals surface area contributed by atoms with Crippen molar-refractivity contribution in [2.24, 2.45) is 0 Å². The number of fused-ring (bicyclic) bond motifs is 3. The van der Waals surface area contributed by atoms with E-state index in [1.165, 1.54) is 22.4 Å². The van der Waals surface area contributed by atoms with Gasteiger partial charge in [0.25, 0.3) is 0 Å². The van der Waals surface area contributed by atoms with E-state index >= 15 is 0 Å². The van der Waals surface area contributed by atoms with E-state index in [1.807, 2.05) is 18.5 Å². The summed E-state index contributed by atoms with van der Waals surface area (Å²) in [5.74, 6) is 1.42. The molecule has 0 radical (unpaired) electrons. The Morgan fingerprint density at radius 3 is 2.70 bits per heavy atom. The third-order valence-electron chi connectivity index (χ3n) is 6.71. The predicted octanol–water partition coefficient (Wildman–Crippen LogP) is 4.28. The molecular formula is C25H25N3O2. The van der Waals surface area contributed by atoms with Crippen molar-refractivity contribution >= 4 is 0 Å². The smallest absolute Gasteiger partial charge is 0.142 e. The molecule has 0 bridgehead atoms. The fourth-order valence-corrected chi connectivity index (χ4v) is 5.00.